The fourth-order valence-corrected chi connectivity index (χ4v) is 2.10. The summed E-state index contributed by atoms with van der Waals surface area (Å²) in [6.45, 7) is 0.0872. The zero-order valence-electron chi connectivity index (χ0n) is 11.6. The molecule has 0 aromatic heterocycles. The van der Waals surface area contributed by atoms with Crippen LogP contribution in [0.1, 0.15) is 5.56 Å². The van der Waals surface area contributed by atoms with Gasteiger partial charge in [0.2, 0.25) is 6.79 Å². The molecule has 0 fully saturated rings. The topological polar surface area (TPSA) is 59.6 Å². The van der Waals surface area contributed by atoms with Gasteiger partial charge < -0.3 is 20.1 Å². The number of anilines is 2. The zero-order chi connectivity index (χ0) is 16.4. The molecule has 2 N–H and O–H groups in total. The molecule has 2 amide bonds. The summed E-state index contributed by atoms with van der Waals surface area (Å²) < 4.78 is 48.9. The van der Waals surface area contributed by atoms with Crippen LogP contribution in [0.25, 0.3) is 0 Å². The van der Waals surface area contributed by atoms with Gasteiger partial charge in [-0.15, -0.1) is 0 Å². The summed E-state index contributed by atoms with van der Waals surface area (Å²) in [6, 6.07) is 8.63. The van der Waals surface area contributed by atoms with E-state index in [1.54, 1.807) is 12.1 Å². The number of carbonyl (C=O) groups excluding carboxylic acids is 1. The fraction of sp³-hybridized carbons (Fsp3) is 0.133. The van der Waals surface area contributed by atoms with Crippen molar-refractivity contribution in [3.8, 4) is 11.5 Å². The van der Waals surface area contributed by atoms with E-state index in [1.807, 2.05) is 0 Å². The van der Waals surface area contributed by atoms with Crippen LogP contribution in [0.15, 0.2) is 42.5 Å². The van der Waals surface area contributed by atoms with Gasteiger partial charge in [0.05, 0.1) is 11.3 Å². The summed E-state index contributed by atoms with van der Waals surface area (Å²) in [5.74, 6) is 0.997. The van der Waals surface area contributed by atoms with E-state index in [0.717, 1.165) is 6.07 Å². The third kappa shape index (κ3) is 3.31. The Bertz CT molecular complexity index is 747. The molecule has 2 aromatic carbocycles. The van der Waals surface area contributed by atoms with Gasteiger partial charge >= 0.3 is 12.2 Å². The van der Waals surface area contributed by atoms with Crippen molar-refractivity contribution in [2.45, 2.75) is 6.18 Å². The van der Waals surface area contributed by atoms with E-state index in [2.05, 4.69) is 10.6 Å². The lowest BCUT2D eigenvalue weighted by Crippen LogP contribution is -2.21. The van der Waals surface area contributed by atoms with Crippen LogP contribution >= 0.6 is 0 Å². The molecule has 0 atom stereocenters. The number of halogens is 3. The second-order valence-electron chi connectivity index (χ2n) is 4.69. The Morgan fingerprint density at radius 1 is 1.00 bits per heavy atom. The van der Waals surface area contributed by atoms with Gasteiger partial charge in [-0.3, -0.25) is 0 Å². The van der Waals surface area contributed by atoms with Crippen LogP contribution in [0.2, 0.25) is 0 Å². The van der Waals surface area contributed by atoms with Gasteiger partial charge in [0.15, 0.2) is 11.5 Å². The summed E-state index contributed by atoms with van der Waals surface area (Å²) in [5.41, 5.74) is -0.865. The number of urea groups is 1. The van der Waals surface area contributed by atoms with E-state index >= 15 is 0 Å². The molecule has 5 nitrogen and oxygen atoms in total. The van der Waals surface area contributed by atoms with Gasteiger partial charge in [0.1, 0.15) is 0 Å². The van der Waals surface area contributed by atoms with E-state index in [-0.39, 0.29) is 12.5 Å². The number of alkyl halides is 3. The number of para-hydroxylation sites is 1. The highest BCUT2D eigenvalue weighted by molar-refractivity contribution is 6.00. The molecule has 0 saturated carbocycles. The molecule has 1 heterocycles. The zero-order valence-corrected chi connectivity index (χ0v) is 11.6. The minimum Gasteiger partial charge on any atom is -0.454 e. The van der Waals surface area contributed by atoms with Crippen molar-refractivity contribution in [2.24, 2.45) is 0 Å². The minimum atomic E-state index is -4.55. The Balaban J connectivity index is 1.73. The van der Waals surface area contributed by atoms with Crippen LogP contribution < -0.4 is 20.1 Å². The number of amides is 2. The van der Waals surface area contributed by atoms with Crippen LogP contribution in [0.5, 0.6) is 11.5 Å². The van der Waals surface area contributed by atoms with Gasteiger partial charge in [-0.25, -0.2) is 4.79 Å². The number of fused-ring (bicyclic) bond motifs is 1. The predicted molar refractivity (Wildman–Crippen MR) is 76.7 cm³/mol. The maximum Gasteiger partial charge on any atom is 0.418 e. The van der Waals surface area contributed by atoms with Crippen molar-refractivity contribution in [3.05, 3.63) is 48.0 Å². The van der Waals surface area contributed by atoms with Crippen molar-refractivity contribution in [1.29, 1.82) is 0 Å². The molecule has 3 rings (SSSR count). The first-order valence-electron chi connectivity index (χ1n) is 6.57. The third-order valence-electron chi connectivity index (χ3n) is 3.11. The van der Waals surface area contributed by atoms with Crippen molar-refractivity contribution in [2.75, 3.05) is 17.4 Å². The predicted octanol–water partition coefficient (Wildman–Crippen LogP) is 4.08. The van der Waals surface area contributed by atoms with E-state index in [1.165, 1.54) is 24.3 Å². The Morgan fingerprint density at radius 2 is 1.74 bits per heavy atom. The number of nitrogens with one attached hydrogen (secondary N) is 2. The van der Waals surface area contributed by atoms with Gasteiger partial charge in [0, 0.05) is 11.8 Å². The maximum atomic E-state index is 12.9. The summed E-state index contributed by atoms with van der Waals surface area (Å²) in [6.07, 6.45) is -4.55. The molecule has 0 radical (unpaired) electrons. The minimum absolute atomic E-state index is 0.0872. The molecular weight excluding hydrogens is 313 g/mol. The molecule has 1 aliphatic heterocycles. The molecule has 0 aliphatic carbocycles. The number of ether oxygens (including phenoxy) is 2. The van der Waals surface area contributed by atoms with Crippen LogP contribution in [-0.4, -0.2) is 12.8 Å². The number of hydrogen-bond donors (Lipinski definition) is 2. The first-order chi connectivity index (χ1) is 10.9. The lowest BCUT2D eigenvalue weighted by Gasteiger charge is -2.14. The van der Waals surface area contributed by atoms with Crippen molar-refractivity contribution in [1.82, 2.24) is 0 Å². The Kier molecular flexibility index (Phi) is 3.73. The lowest BCUT2D eigenvalue weighted by molar-refractivity contribution is -0.136. The van der Waals surface area contributed by atoms with Crippen LogP contribution in [-0.2, 0) is 6.18 Å². The van der Waals surface area contributed by atoms with Crippen molar-refractivity contribution < 1.29 is 27.4 Å². The molecule has 0 bridgehead atoms. The maximum absolute atomic E-state index is 12.9. The average Bonchev–Trinajstić information content (AvgIpc) is 2.94. The van der Waals surface area contributed by atoms with Crippen LogP contribution in [0.4, 0.5) is 29.3 Å². The highest BCUT2D eigenvalue weighted by atomic mass is 19.4. The molecule has 23 heavy (non-hydrogen) atoms. The molecule has 0 unspecified atom stereocenters. The van der Waals surface area contributed by atoms with Gasteiger partial charge in [0.25, 0.3) is 0 Å². The first-order valence-corrected chi connectivity index (χ1v) is 6.57. The summed E-state index contributed by atoms with van der Waals surface area (Å²) in [5, 5.41) is 4.64. The molecule has 120 valence electrons. The van der Waals surface area contributed by atoms with E-state index in [0.29, 0.717) is 17.2 Å². The standard InChI is InChI=1S/C15H11F3N2O3/c16-15(17,18)10-3-1-2-4-11(10)20-14(21)19-9-5-6-12-13(7-9)23-8-22-12/h1-7H,8H2,(H2,19,20,21). The second kappa shape index (κ2) is 5.71. The van der Waals surface area contributed by atoms with E-state index in [4.69, 9.17) is 9.47 Å². The van der Waals surface area contributed by atoms with E-state index in [9.17, 15) is 18.0 Å². The molecule has 1 aliphatic rings. The van der Waals surface area contributed by atoms with E-state index < -0.39 is 17.8 Å². The fourth-order valence-electron chi connectivity index (χ4n) is 2.10. The van der Waals surface area contributed by atoms with Gasteiger partial charge in [-0.2, -0.15) is 13.2 Å². The number of rotatable bonds is 2. The molecule has 0 spiro atoms. The van der Waals surface area contributed by atoms with Gasteiger partial charge in [-0.05, 0) is 24.3 Å². The SMILES string of the molecule is O=C(Nc1ccc2c(c1)OCO2)Nc1ccccc1C(F)(F)F. The molecule has 8 heteroatoms. The highest BCUT2D eigenvalue weighted by Crippen LogP contribution is 2.35. The van der Waals surface area contributed by atoms with Gasteiger partial charge in [-0.1, -0.05) is 12.1 Å². The monoisotopic (exact) mass is 324 g/mol. The Morgan fingerprint density at radius 3 is 2.52 bits per heavy atom. The summed E-state index contributed by atoms with van der Waals surface area (Å²) in [4.78, 5) is 11.9. The average molecular weight is 324 g/mol. The smallest absolute Gasteiger partial charge is 0.418 e. The quantitative estimate of drug-likeness (QED) is 0.875. The van der Waals surface area contributed by atoms with Crippen LogP contribution in [0.3, 0.4) is 0 Å². The van der Waals surface area contributed by atoms with Crippen molar-refractivity contribution >= 4 is 17.4 Å². The summed E-state index contributed by atoms with van der Waals surface area (Å²) >= 11 is 0. The first kappa shape index (κ1) is 15.0. The molecule has 2 aromatic rings. The lowest BCUT2D eigenvalue weighted by atomic mass is 10.1. The number of benzene rings is 2. The molecule has 0 saturated heterocycles. The third-order valence-corrected chi connectivity index (χ3v) is 3.11. The highest BCUT2D eigenvalue weighted by Gasteiger charge is 2.33. The summed E-state index contributed by atoms with van der Waals surface area (Å²) in [7, 11) is 0. The largest absolute Gasteiger partial charge is 0.454 e. The molecular formula is C15H11F3N2O3. The number of carbonyl (C=O) groups is 1. The normalized spacial score (nSPS) is 12.8. The Hall–Kier alpha value is -2.90. The van der Waals surface area contributed by atoms with Crippen molar-refractivity contribution in [3.63, 3.8) is 0 Å². The van der Waals surface area contributed by atoms with Crippen LogP contribution in [0, 0.1) is 0 Å². The Labute approximate surface area is 129 Å². The number of hydrogen-bond acceptors (Lipinski definition) is 3. The second-order valence-corrected chi connectivity index (χ2v) is 4.69.